The Hall–Kier alpha value is -2.56. The van der Waals surface area contributed by atoms with E-state index in [-0.39, 0.29) is 12.3 Å². The highest BCUT2D eigenvalue weighted by Crippen LogP contribution is 2.35. The van der Waals surface area contributed by atoms with E-state index in [1.54, 1.807) is 24.7 Å². The number of aliphatic carboxylic acids is 1. The van der Waals surface area contributed by atoms with Crippen molar-refractivity contribution in [1.82, 2.24) is 5.32 Å². The highest BCUT2D eigenvalue weighted by molar-refractivity contribution is 5.96. The monoisotopic (exact) mass is 299 g/mol. The molecule has 114 valence electrons. The predicted molar refractivity (Wildman–Crippen MR) is 80.4 cm³/mol. The van der Waals surface area contributed by atoms with Gasteiger partial charge in [0.1, 0.15) is 0 Å². The van der Waals surface area contributed by atoms with Crippen LogP contribution in [0.25, 0.3) is 11.1 Å². The summed E-state index contributed by atoms with van der Waals surface area (Å²) < 4.78 is 5.05. The molecule has 1 aromatic carbocycles. The zero-order valence-electron chi connectivity index (χ0n) is 12.0. The van der Waals surface area contributed by atoms with Crippen molar-refractivity contribution in [2.45, 2.75) is 31.2 Å². The van der Waals surface area contributed by atoms with Crippen LogP contribution in [0.3, 0.4) is 0 Å². The van der Waals surface area contributed by atoms with Crippen molar-refractivity contribution in [3.8, 4) is 11.1 Å². The molecular weight excluding hydrogens is 282 g/mol. The Labute approximate surface area is 127 Å². The quantitative estimate of drug-likeness (QED) is 0.889. The van der Waals surface area contributed by atoms with Gasteiger partial charge in [0.2, 0.25) is 0 Å². The molecule has 2 aromatic rings. The molecule has 0 radical (unpaired) electrons. The first-order valence-corrected chi connectivity index (χ1v) is 7.25. The van der Waals surface area contributed by atoms with Gasteiger partial charge >= 0.3 is 5.97 Å². The van der Waals surface area contributed by atoms with Gasteiger partial charge < -0.3 is 14.8 Å². The van der Waals surface area contributed by atoms with Crippen molar-refractivity contribution in [2.24, 2.45) is 0 Å². The molecule has 1 aliphatic carbocycles. The van der Waals surface area contributed by atoms with Crippen LogP contribution in [0.4, 0.5) is 0 Å². The Bertz CT molecular complexity index is 686. The van der Waals surface area contributed by atoms with Crippen molar-refractivity contribution in [3.05, 3.63) is 48.4 Å². The van der Waals surface area contributed by atoms with Crippen LogP contribution < -0.4 is 5.32 Å². The summed E-state index contributed by atoms with van der Waals surface area (Å²) in [7, 11) is 0. The molecule has 0 spiro atoms. The first kappa shape index (κ1) is 14.4. The maximum atomic E-state index is 12.4. The van der Waals surface area contributed by atoms with E-state index >= 15 is 0 Å². The zero-order chi connectivity index (χ0) is 15.6. The van der Waals surface area contributed by atoms with E-state index in [2.05, 4.69) is 5.32 Å². The van der Waals surface area contributed by atoms with Crippen molar-refractivity contribution in [1.29, 1.82) is 0 Å². The molecule has 0 bridgehead atoms. The number of carbonyl (C=O) groups excluding carboxylic acids is 1. The Balaban J connectivity index is 1.78. The van der Waals surface area contributed by atoms with Crippen LogP contribution in [0.1, 0.15) is 36.0 Å². The molecule has 1 aromatic heterocycles. The number of amides is 1. The number of carbonyl (C=O) groups is 2. The second-order valence-electron chi connectivity index (χ2n) is 5.75. The summed E-state index contributed by atoms with van der Waals surface area (Å²) in [5.41, 5.74) is 1.73. The van der Waals surface area contributed by atoms with Crippen LogP contribution >= 0.6 is 0 Å². The van der Waals surface area contributed by atoms with Crippen molar-refractivity contribution < 1.29 is 19.1 Å². The van der Waals surface area contributed by atoms with Crippen molar-refractivity contribution >= 4 is 11.9 Å². The predicted octanol–water partition coefficient (Wildman–Crippen LogP) is 3.07. The second-order valence-corrected chi connectivity index (χ2v) is 5.75. The van der Waals surface area contributed by atoms with E-state index in [0.29, 0.717) is 18.4 Å². The number of carboxylic acid groups (broad SMARTS) is 1. The van der Waals surface area contributed by atoms with E-state index in [4.69, 9.17) is 9.52 Å². The molecule has 0 saturated heterocycles. The maximum Gasteiger partial charge on any atom is 0.305 e. The summed E-state index contributed by atoms with van der Waals surface area (Å²) in [5.74, 6) is -1.11. The molecule has 1 amide bonds. The summed E-state index contributed by atoms with van der Waals surface area (Å²) in [6, 6.07) is 9.05. The van der Waals surface area contributed by atoms with Gasteiger partial charge in [0.15, 0.2) is 0 Å². The smallest absolute Gasteiger partial charge is 0.305 e. The molecular formula is C17H17NO4. The van der Waals surface area contributed by atoms with Crippen LogP contribution in [0.2, 0.25) is 0 Å². The zero-order valence-corrected chi connectivity index (χ0v) is 12.0. The van der Waals surface area contributed by atoms with Gasteiger partial charge in [-0.2, -0.15) is 0 Å². The molecule has 22 heavy (non-hydrogen) atoms. The molecule has 2 N–H and O–H groups in total. The van der Waals surface area contributed by atoms with Crippen LogP contribution in [-0.4, -0.2) is 22.5 Å². The highest BCUT2D eigenvalue weighted by atomic mass is 16.4. The molecule has 1 fully saturated rings. The number of hydrogen-bond donors (Lipinski definition) is 2. The number of benzene rings is 1. The summed E-state index contributed by atoms with van der Waals surface area (Å²) >= 11 is 0. The molecule has 5 nitrogen and oxygen atoms in total. The minimum atomic E-state index is -0.882. The van der Waals surface area contributed by atoms with E-state index in [1.807, 2.05) is 18.2 Å². The van der Waals surface area contributed by atoms with Gasteiger partial charge in [-0.25, -0.2) is 0 Å². The SMILES string of the molecule is O=C(O)CC1(NC(=O)c2cccc(-c3ccoc3)c2)CCC1. The van der Waals surface area contributed by atoms with Crippen molar-refractivity contribution in [3.63, 3.8) is 0 Å². The Morgan fingerprint density at radius 2 is 2.05 bits per heavy atom. The van der Waals surface area contributed by atoms with Gasteiger partial charge in [-0.05, 0) is 43.0 Å². The Kier molecular flexibility index (Phi) is 3.71. The molecule has 3 rings (SSSR count). The van der Waals surface area contributed by atoms with E-state index in [0.717, 1.165) is 17.5 Å². The van der Waals surface area contributed by atoms with E-state index in [1.165, 1.54) is 0 Å². The van der Waals surface area contributed by atoms with Gasteiger partial charge in [0.05, 0.1) is 24.5 Å². The number of carboxylic acids is 1. The van der Waals surface area contributed by atoms with E-state index in [9.17, 15) is 9.59 Å². The van der Waals surface area contributed by atoms with Crippen LogP contribution in [0.15, 0.2) is 47.3 Å². The number of rotatable bonds is 5. The molecule has 1 aliphatic rings. The molecule has 1 heterocycles. The fourth-order valence-electron chi connectivity index (χ4n) is 2.82. The summed E-state index contributed by atoms with van der Waals surface area (Å²) in [6.45, 7) is 0. The average molecular weight is 299 g/mol. The molecule has 0 atom stereocenters. The number of furan rings is 1. The second kappa shape index (κ2) is 5.67. The fraction of sp³-hybridized carbons (Fsp3) is 0.294. The highest BCUT2D eigenvalue weighted by Gasteiger charge is 2.40. The minimum Gasteiger partial charge on any atom is -0.481 e. The van der Waals surface area contributed by atoms with E-state index < -0.39 is 11.5 Å². The molecule has 1 saturated carbocycles. The van der Waals surface area contributed by atoms with Crippen LogP contribution in [-0.2, 0) is 4.79 Å². The minimum absolute atomic E-state index is 0.0276. The Morgan fingerprint density at radius 3 is 2.64 bits per heavy atom. The van der Waals surface area contributed by atoms with Gasteiger partial charge in [0, 0.05) is 11.1 Å². The van der Waals surface area contributed by atoms with Gasteiger partial charge in [-0.1, -0.05) is 12.1 Å². The standard InChI is InChI=1S/C17H17NO4/c19-15(20)10-17(6-2-7-17)18-16(21)13-4-1-3-12(9-13)14-5-8-22-11-14/h1,3-5,8-9,11H,2,6-7,10H2,(H,18,21)(H,19,20). The topological polar surface area (TPSA) is 79.5 Å². The third-order valence-corrected chi connectivity index (χ3v) is 4.16. The number of nitrogens with one attached hydrogen (secondary N) is 1. The third kappa shape index (κ3) is 2.88. The van der Waals surface area contributed by atoms with Crippen molar-refractivity contribution in [2.75, 3.05) is 0 Å². The number of hydrogen-bond acceptors (Lipinski definition) is 3. The molecule has 5 heteroatoms. The average Bonchev–Trinajstić information content (AvgIpc) is 2.98. The van der Waals surface area contributed by atoms with Gasteiger partial charge in [-0.15, -0.1) is 0 Å². The first-order valence-electron chi connectivity index (χ1n) is 7.25. The lowest BCUT2D eigenvalue weighted by molar-refractivity contribution is -0.139. The first-order chi connectivity index (χ1) is 10.6. The summed E-state index contributed by atoms with van der Waals surface area (Å²) in [5, 5.41) is 11.9. The maximum absolute atomic E-state index is 12.4. The molecule has 0 unspecified atom stereocenters. The lowest BCUT2D eigenvalue weighted by Gasteiger charge is -2.41. The van der Waals surface area contributed by atoms with Crippen LogP contribution in [0.5, 0.6) is 0 Å². The summed E-state index contributed by atoms with van der Waals surface area (Å²) in [4.78, 5) is 23.4. The normalized spacial score (nSPS) is 15.8. The molecule has 0 aliphatic heterocycles. The van der Waals surface area contributed by atoms with Gasteiger partial charge in [-0.3, -0.25) is 9.59 Å². The van der Waals surface area contributed by atoms with Crippen LogP contribution in [0, 0.1) is 0 Å². The largest absolute Gasteiger partial charge is 0.481 e. The lowest BCUT2D eigenvalue weighted by Crippen LogP contribution is -2.54. The summed E-state index contributed by atoms with van der Waals surface area (Å²) in [6.07, 6.45) is 5.55. The Morgan fingerprint density at radius 1 is 1.23 bits per heavy atom. The fourth-order valence-corrected chi connectivity index (χ4v) is 2.82. The lowest BCUT2D eigenvalue weighted by atomic mass is 9.74. The van der Waals surface area contributed by atoms with Gasteiger partial charge in [0.25, 0.3) is 5.91 Å². The third-order valence-electron chi connectivity index (χ3n) is 4.16.